The van der Waals surface area contributed by atoms with E-state index >= 15 is 0 Å². The van der Waals surface area contributed by atoms with E-state index in [-0.39, 0.29) is 0 Å². The zero-order valence-corrected chi connectivity index (χ0v) is 16.3. The SMILES string of the molecule is CCNc1cc(N2CCC(CCC(=O)N3CCC(C)CC3)CC2)ncn1. The van der Waals surface area contributed by atoms with Crippen molar-refractivity contribution in [1.82, 2.24) is 14.9 Å². The van der Waals surface area contributed by atoms with Gasteiger partial charge in [0.2, 0.25) is 5.91 Å². The van der Waals surface area contributed by atoms with Gasteiger partial charge in [-0.25, -0.2) is 9.97 Å². The molecule has 1 aromatic rings. The Hall–Kier alpha value is -1.85. The Labute approximate surface area is 157 Å². The van der Waals surface area contributed by atoms with Crippen LogP contribution < -0.4 is 10.2 Å². The van der Waals surface area contributed by atoms with Crippen molar-refractivity contribution in [3.63, 3.8) is 0 Å². The zero-order chi connectivity index (χ0) is 18.4. The minimum atomic E-state index is 0.366. The molecule has 144 valence electrons. The first-order valence-corrected chi connectivity index (χ1v) is 10.2. The number of rotatable bonds is 6. The lowest BCUT2D eigenvalue weighted by molar-refractivity contribution is -0.132. The van der Waals surface area contributed by atoms with Gasteiger partial charge in [0, 0.05) is 45.2 Å². The Morgan fingerprint density at radius 1 is 1.15 bits per heavy atom. The second kappa shape index (κ2) is 9.19. The quantitative estimate of drug-likeness (QED) is 0.845. The zero-order valence-electron chi connectivity index (χ0n) is 16.3. The first-order valence-electron chi connectivity index (χ1n) is 10.2. The number of piperidine rings is 2. The first kappa shape index (κ1) is 18.9. The standard InChI is InChI=1S/C20H33N5O/c1-3-21-18-14-19(23-15-22-18)24-12-8-17(9-13-24)4-5-20(26)25-10-6-16(2)7-11-25/h14-17H,3-13H2,1-2H3,(H,21,22,23). The highest BCUT2D eigenvalue weighted by atomic mass is 16.2. The van der Waals surface area contributed by atoms with Gasteiger partial charge in [0.1, 0.15) is 18.0 Å². The van der Waals surface area contributed by atoms with E-state index in [1.54, 1.807) is 6.33 Å². The highest BCUT2D eigenvalue weighted by Crippen LogP contribution is 2.26. The molecule has 1 amide bonds. The highest BCUT2D eigenvalue weighted by Gasteiger charge is 2.24. The maximum atomic E-state index is 12.4. The smallest absolute Gasteiger partial charge is 0.222 e. The topological polar surface area (TPSA) is 61.4 Å². The molecule has 2 aliphatic heterocycles. The predicted molar refractivity (Wildman–Crippen MR) is 105 cm³/mol. The van der Waals surface area contributed by atoms with Crippen LogP contribution in [0.2, 0.25) is 0 Å². The van der Waals surface area contributed by atoms with E-state index in [9.17, 15) is 4.79 Å². The summed E-state index contributed by atoms with van der Waals surface area (Å²) in [5.74, 6) is 3.70. The van der Waals surface area contributed by atoms with Crippen molar-refractivity contribution in [2.45, 2.75) is 52.4 Å². The van der Waals surface area contributed by atoms with E-state index in [0.29, 0.717) is 11.8 Å². The summed E-state index contributed by atoms with van der Waals surface area (Å²) in [4.78, 5) is 25.5. The van der Waals surface area contributed by atoms with Crippen molar-refractivity contribution in [2.75, 3.05) is 42.9 Å². The Kier molecular flexibility index (Phi) is 6.69. The first-order chi connectivity index (χ1) is 12.7. The second-order valence-electron chi connectivity index (χ2n) is 7.82. The van der Waals surface area contributed by atoms with Gasteiger partial charge in [0.15, 0.2) is 0 Å². The van der Waals surface area contributed by atoms with E-state index in [1.165, 1.54) is 0 Å². The van der Waals surface area contributed by atoms with Crippen LogP contribution in [0, 0.1) is 11.8 Å². The number of likely N-dealkylation sites (tertiary alicyclic amines) is 1. The lowest BCUT2D eigenvalue weighted by atomic mass is 9.91. The molecule has 0 saturated carbocycles. The Morgan fingerprint density at radius 2 is 1.88 bits per heavy atom. The Bertz CT molecular complexity index is 577. The third kappa shape index (κ3) is 5.08. The predicted octanol–water partition coefficient (Wildman–Crippen LogP) is 3.16. The second-order valence-corrected chi connectivity index (χ2v) is 7.82. The molecule has 2 fully saturated rings. The molecule has 0 atom stereocenters. The fraction of sp³-hybridized carbons (Fsp3) is 0.750. The van der Waals surface area contributed by atoms with Gasteiger partial charge in [0.25, 0.3) is 0 Å². The van der Waals surface area contributed by atoms with Crippen molar-refractivity contribution in [2.24, 2.45) is 11.8 Å². The molecule has 0 aliphatic carbocycles. The molecule has 0 aromatic carbocycles. The summed E-state index contributed by atoms with van der Waals surface area (Å²) in [5, 5.41) is 3.24. The van der Waals surface area contributed by atoms with Gasteiger partial charge in [-0.3, -0.25) is 4.79 Å². The molecule has 0 radical (unpaired) electrons. The number of hydrogen-bond acceptors (Lipinski definition) is 5. The number of carbonyl (C=O) groups excluding carboxylic acids is 1. The van der Waals surface area contributed by atoms with Gasteiger partial charge in [-0.2, -0.15) is 0 Å². The summed E-state index contributed by atoms with van der Waals surface area (Å²) >= 11 is 0. The van der Waals surface area contributed by atoms with Gasteiger partial charge in [-0.15, -0.1) is 0 Å². The Balaban J connectivity index is 1.41. The van der Waals surface area contributed by atoms with Crippen LogP contribution in [0.1, 0.15) is 52.4 Å². The van der Waals surface area contributed by atoms with Crippen molar-refractivity contribution in [1.29, 1.82) is 0 Å². The third-order valence-corrected chi connectivity index (χ3v) is 5.85. The molecular weight excluding hydrogens is 326 g/mol. The van der Waals surface area contributed by atoms with Crippen LogP contribution in [0.3, 0.4) is 0 Å². The normalized spacial score (nSPS) is 19.6. The molecule has 0 spiro atoms. The minimum Gasteiger partial charge on any atom is -0.370 e. The van der Waals surface area contributed by atoms with E-state index in [2.05, 4.69) is 38.9 Å². The summed E-state index contributed by atoms with van der Waals surface area (Å²) in [5.41, 5.74) is 0. The number of hydrogen-bond donors (Lipinski definition) is 1. The molecule has 26 heavy (non-hydrogen) atoms. The maximum Gasteiger partial charge on any atom is 0.222 e. The van der Waals surface area contributed by atoms with Gasteiger partial charge in [0.05, 0.1) is 0 Å². The third-order valence-electron chi connectivity index (χ3n) is 5.85. The van der Waals surface area contributed by atoms with Crippen LogP contribution in [-0.4, -0.2) is 53.5 Å². The average molecular weight is 360 g/mol. The number of carbonyl (C=O) groups is 1. The summed E-state index contributed by atoms with van der Waals surface area (Å²) in [6, 6.07) is 2.03. The number of amides is 1. The van der Waals surface area contributed by atoms with E-state index in [1.807, 2.05) is 6.07 Å². The summed E-state index contributed by atoms with van der Waals surface area (Å²) < 4.78 is 0. The lowest BCUT2D eigenvalue weighted by Gasteiger charge is -2.34. The largest absolute Gasteiger partial charge is 0.370 e. The lowest BCUT2D eigenvalue weighted by Crippen LogP contribution is -2.38. The van der Waals surface area contributed by atoms with Crippen molar-refractivity contribution in [3.05, 3.63) is 12.4 Å². The number of aromatic nitrogens is 2. The molecule has 2 aliphatic rings. The fourth-order valence-electron chi connectivity index (χ4n) is 3.99. The molecule has 1 aromatic heterocycles. The number of nitrogens with one attached hydrogen (secondary N) is 1. The van der Waals surface area contributed by atoms with Crippen LogP contribution in [0.4, 0.5) is 11.6 Å². The molecule has 0 bridgehead atoms. The van der Waals surface area contributed by atoms with Crippen LogP contribution in [-0.2, 0) is 4.79 Å². The monoisotopic (exact) mass is 359 g/mol. The van der Waals surface area contributed by atoms with Gasteiger partial charge < -0.3 is 15.1 Å². The van der Waals surface area contributed by atoms with Crippen LogP contribution in [0.25, 0.3) is 0 Å². The molecule has 6 nitrogen and oxygen atoms in total. The van der Waals surface area contributed by atoms with Gasteiger partial charge >= 0.3 is 0 Å². The van der Waals surface area contributed by atoms with E-state index in [0.717, 1.165) is 88.8 Å². The summed E-state index contributed by atoms with van der Waals surface area (Å²) in [7, 11) is 0. The van der Waals surface area contributed by atoms with Crippen LogP contribution >= 0.6 is 0 Å². The van der Waals surface area contributed by atoms with Crippen molar-refractivity contribution >= 4 is 17.5 Å². The summed E-state index contributed by atoms with van der Waals surface area (Å²) in [6.07, 6.45) is 8.01. The Morgan fingerprint density at radius 3 is 2.58 bits per heavy atom. The van der Waals surface area contributed by atoms with Gasteiger partial charge in [-0.05, 0) is 50.9 Å². The summed E-state index contributed by atoms with van der Waals surface area (Å²) in [6.45, 7) is 9.17. The van der Waals surface area contributed by atoms with Crippen LogP contribution in [0.15, 0.2) is 12.4 Å². The number of nitrogens with zero attached hydrogens (tertiary/aromatic N) is 4. The highest BCUT2D eigenvalue weighted by molar-refractivity contribution is 5.76. The van der Waals surface area contributed by atoms with Crippen LogP contribution in [0.5, 0.6) is 0 Å². The molecule has 2 saturated heterocycles. The molecule has 3 heterocycles. The van der Waals surface area contributed by atoms with E-state index in [4.69, 9.17) is 0 Å². The molecule has 0 unspecified atom stereocenters. The van der Waals surface area contributed by atoms with Gasteiger partial charge in [-0.1, -0.05) is 6.92 Å². The minimum absolute atomic E-state index is 0.366. The molecular formula is C20H33N5O. The average Bonchev–Trinajstić information content (AvgIpc) is 2.67. The molecule has 1 N–H and O–H groups in total. The fourth-order valence-corrected chi connectivity index (χ4v) is 3.99. The van der Waals surface area contributed by atoms with Crippen molar-refractivity contribution < 1.29 is 4.79 Å². The molecule has 3 rings (SSSR count). The van der Waals surface area contributed by atoms with E-state index < -0.39 is 0 Å². The number of anilines is 2. The molecule has 6 heteroatoms. The maximum absolute atomic E-state index is 12.4. The van der Waals surface area contributed by atoms with Crippen molar-refractivity contribution in [3.8, 4) is 0 Å².